The SMILES string of the molecule is Cc1cc(CNc2nccn3nccc23)no1. The molecule has 0 unspecified atom stereocenters. The molecule has 0 saturated heterocycles. The predicted octanol–water partition coefficient (Wildman–Crippen LogP) is 1.64. The summed E-state index contributed by atoms with van der Waals surface area (Å²) in [6, 6.07) is 3.80. The van der Waals surface area contributed by atoms with Gasteiger partial charge in [-0.05, 0) is 13.0 Å². The first kappa shape index (κ1) is 9.83. The van der Waals surface area contributed by atoms with Gasteiger partial charge in [-0.2, -0.15) is 5.10 Å². The standard InChI is InChI=1S/C11H11N5O/c1-8-6-9(15-17-8)7-13-11-10-2-3-14-16(10)5-4-12-11/h2-6H,7H2,1H3,(H,12,13). The van der Waals surface area contributed by atoms with Gasteiger partial charge in [0.2, 0.25) is 0 Å². The summed E-state index contributed by atoms with van der Waals surface area (Å²) in [6.07, 6.45) is 5.25. The highest BCUT2D eigenvalue weighted by Gasteiger charge is 2.04. The number of hydrogen-bond donors (Lipinski definition) is 1. The van der Waals surface area contributed by atoms with E-state index in [1.807, 2.05) is 19.1 Å². The van der Waals surface area contributed by atoms with Crippen molar-refractivity contribution in [2.45, 2.75) is 13.5 Å². The molecular weight excluding hydrogens is 218 g/mol. The summed E-state index contributed by atoms with van der Waals surface area (Å²) in [5, 5.41) is 11.3. The van der Waals surface area contributed by atoms with E-state index in [4.69, 9.17) is 4.52 Å². The Hall–Kier alpha value is -2.37. The Bertz CT molecular complexity index is 642. The minimum absolute atomic E-state index is 0.579. The lowest BCUT2D eigenvalue weighted by molar-refractivity contribution is 0.391. The second-order valence-corrected chi connectivity index (χ2v) is 3.72. The number of rotatable bonds is 3. The molecule has 0 atom stereocenters. The molecular formula is C11H11N5O. The molecule has 0 fully saturated rings. The maximum absolute atomic E-state index is 5.00. The van der Waals surface area contributed by atoms with Crippen LogP contribution in [0.2, 0.25) is 0 Å². The van der Waals surface area contributed by atoms with Crippen molar-refractivity contribution < 1.29 is 4.52 Å². The second-order valence-electron chi connectivity index (χ2n) is 3.72. The van der Waals surface area contributed by atoms with Crippen molar-refractivity contribution in [1.82, 2.24) is 19.8 Å². The Morgan fingerprint density at radius 3 is 3.18 bits per heavy atom. The first-order chi connectivity index (χ1) is 8.33. The lowest BCUT2D eigenvalue weighted by Crippen LogP contribution is -2.03. The molecule has 3 heterocycles. The molecule has 17 heavy (non-hydrogen) atoms. The lowest BCUT2D eigenvalue weighted by Gasteiger charge is -2.04. The van der Waals surface area contributed by atoms with Crippen LogP contribution in [-0.2, 0) is 6.54 Å². The number of aryl methyl sites for hydroxylation is 1. The largest absolute Gasteiger partial charge is 0.362 e. The fourth-order valence-electron chi connectivity index (χ4n) is 1.67. The van der Waals surface area contributed by atoms with Crippen LogP contribution in [0.5, 0.6) is 0 Å². The van der Waals surface area contributed by atoms with Crippen molar-refractivity contribution in [3.8, 4) is 0 Å². The maximum atomic E-state index is 5.00. The monoisotopic (exact) mass is 229 g/mol. The van der Waals surface area contributed by atoms with Crippen LogP contribution in [0.15, 0.2) is 35.2 Å². The Morgan fingerprint density at radius 1 is 1.41 bits per heavy atom. The zero-order valence-corrected chi connectivity index (χ0v) is 9.29. The Labute approximate surface area is 97.3 Å². The van der Waals surface area contributed by atoms with Crippen LogP contribution >= 0.6 is 0 Å². The summed E-state index contributed by atoms with van der Waals surface area (Å²) in [5.41, 5.74) is 1.79. The van der Waals surface area contributed by atoms with E-state index in [0.29, 0.717) is 6.54 Å². The van der Waals surface area contributed by atoms with Crippen LogP contribution in [0.25, 0.3) is 5.52 Å². The van der Waals surface area contributed by atoms with Gasteiger partial charge in [0.1, 0.15) is 17.0 Å². The topological polar surface area (TPSA) is 68.2 Å². The Morgan fingerprint density at radius 2 is 2.35 bits per heavy atom. The highest BCUT2D eigenvalue weighted by atomic mass is 16.5. The molecule has 0 radical (unpaired) electrons. The lowest BCUT2D eigenvalue weighted by atomic mass is 10.3. The predicted molar refractivity (Wildman–Crippen MR) is 61.6 cm³/mol. The van der Waals surface area contributed by atoms with Crippen molar-refractivity contribution in [1.29, 1.82) is 0 Å². The van der Waals surface area contributed by atoms with Gasteiger partial charge >= 0.3 is 0 Å². The number of nitrogens with one attached hydrogen (secondary N) is 1. The normalized spacial score (nSPS) is 10.9. The van der Waals surface area contributed by atoms with Gasteiger partial charge in [0.25, 0.3) is 0 Å². The van der Waals surface area contributed by atoms with Gasteiger partial charge in [0, 0.05) is 18.5 Å². The minimum Gasteiger partial charge on any atom is -0.362 e. The van der Waals surface area contributed by atoms with Gasteiger partial charge in [-0.1, -0.05) is 5.16 Å². The third-order valence-electron chi connectivity index (χ3n) is 2.44. The smallest absolute Gasteiger partial charge is 0.152 e. The van der Waals surface area contributed by atoms with Crippen LogP contribution in [0.3, 0.4) is 0 Å². The molecule has 0 bridgehead atoms. The van der Waals surface area contributed by atoms with Crippen LogP contribution in [0, 0.1) is 6.92 Å². The molecule has 0 aliphatic rings. The molecule has 6 heteroatoms. The molecule has 3 aromatic rings. The molecule has 1 N–H and O–H groups in total. The van der Waals surface area contributed by atoms with Gasteiger partial charge in [0.15, 0.2) is 5.82 Å². The maximum Gasteiger partial charge on any atom is 0.152 e. The fraction of sp³-hybridized carbons (Fsp3) is 0.182. The van der Waals surface area contributed by atoms with Crippen LogP contribution in [-0.4, -0.2) is 19.8 Å². The molecule has 0 aromatic carbocycles. The molecule has 0 aliphatic carbocycles. The van der Waals surface area contributed by atoms with E-state index in [0.717, 1.165) is 22.8 Å². The van der Waals surface area contributed by atoms with Crippen LogP contribution < -0.4 is 5.32 Å². The number of anilines is 1. The van der Waals surface area contributed by atoms with Crippen molar-refractivity contribution in [3.63, 3.8) is 0 Å². The molecule has 3 aromatic heterocycles. The zero-order chi connectivity index (χ0) is 11.7. The number of aromatic nitrogens is 4. The van der Waals surface area contributed by atoms with Crippen LogP contribution in [0.4, 0.5) is 5.82 Å². The second kappa shape index (κ2) is 3.89. The molecule has 0 aliphatic heterocycles. The third-order valence-corrected chi connectivity index (χ3v) is 2.44. The van der Waals surface area contributed by atoms with Gasteiger partial charge in [-0.3, -0.25) is 0 Å². The molecule has 6 nitrogen and oxygen atoms in total. The Kier molecular flexibility index (Phi) is 2.25. The molecule has 0 spiro atoms. The Balaban J connectivity index is 1.83. The summed E-state index contributed by atoms with van der Waals surface area (Å²) in [6.45, 7) is 2.45. The van der Waals surface area contributed by atoms with E-state index in [9.17, 15) is 0 Å². The third kappa shape index (κ3) is 1.84. The van der Waals surface area contributed by atoms with Gasteiger partial charge in [-0.15, -0.1) is 0 Å². The average Bonchev–Trinajstić information content (AvgIpc) is 2.94. The molecule has 86 valence electrons. The summed E-state index contributed by atoms with van der Waals surface area (Å²) < 4.78 is 6.76. The van der Waals surface area contributed by atoms with Gasteiger partial charge in [0.05, 0.1) is 12.7 Å². The van der Waals surface area contributed by atoms with Crippen molar-refractivity contribution in [2.75, 3.05) is 5.32 Å². The number of fused-ring (bicyclic) bond motifs is 1. The van der Waals surface area contributed by atoms with E-state index in [-0.39, 0.29) is 0 Å². The first-order valence-electron chi connectivity index (χ1n) is 5.27. The van der Waals surface area contributed by atoms with E-state index < -0.39 is 0 Å². The van der Waals surface area contributed by atoms with E-state index in [1.54, 1.807) is 23.1 Å². The molecule has 0 amide bonds. The molecule has 3 rings (SSSR count). The fourth-order valence-corrected chi connectivity index (χ4v) is 1.67. The van der Waals surface area contributed by atoms with Crippen LogP contribution in [0.1, 0.15) is 11.5 Å². The highest BCUT2D eigenvalue weighted by molar-refractivity contribution is 5.66. The van der Waals surface area contributed by atoms with Crippen molar-refractivity contribution in [3.05, 3.63) is 42.2 Å². The van der Waals surface area contributed by atoms with E-state index in [1.165, 1.54) is 0 Å². The quantitative estimate of drug-likeness (QED) is 0.739. The summed E-state index contributed by atoms with van der Waals surface area (Å²) >= 11 is 0. The zero-order valence-electron chi connectivity index (χ0n) is 9.29. The molecule has 0 saturated carbocycles. The number of nitrogens with zero attached hydrogens (tertiary/aromatic N) is 4. The summed E-state index contributed by atoms with van der Waals surface area (Å²) in [7, 11) is 0. The summed E-state index contributed by atoms with van der Waals surface area (Å²) in [4.78, 5) is 4.27. The average molecular weight is 229 g/mol. The van der Waals surface area contributed by atoms with E-state index >= 15 is 0 Å². The van der Waals surface area contributed by atoms with Gasteiger partial charge in [-0.25, -0.2) is 9.50 Å². The number of hydrogen-bond acceptors (Lipinski definition) is 5. The minimum atomic E-state index is 0.579. The highest BCUT2D eigenvalue weighted by Crippen LogP contribution is 2.13. The van der Waals surface area contributed by atoms with E-state index in [2.05, 4.69) is 20.6 Å². The first-order valence-corrected chi connectivity index (χ1v) is 5.27. The van der Waals surface area contributed by atoms with Crippen molar-refractivity contribution in [2.24, 2.45) is 0 Å². The van der Waals surface area contributed by atoms with Crippen molar-refractivity contribution >= 4 is 11.3 Å². The summed E-state index contributed by atoms with van der Waals surface area (Å²) in [5.74, 6) is 1.59. The van der Waals surface area contributed by atoms with Gasteiger partial charge < -0.3 is 9.84 Å².